The third-order valence-corrected chi connectivity index (χ3v) is 4.10. The molecular formula is C21H17N3O2. The molecule has 0 saturated carbocycles. The van der Waals surface area contributed by atoms with Gasteiger partial charge in [-0.2, -0.15) is 0 Å². The van der Waals surface area contributed by atoms with E-state index in [1.54, 1.807) is 24.5 Å². The number of hydrogen-bond donors (Lipinski definition) is 1. The molecule has 0 spiro atoms. The molecule has 0 atom stereocenters. The number of benzene rings is 1. The first-order valence-electron chi connectivity index (χ1n) is 8.26. The highest BCUT2D eigenvalue weighted by Gasteiger charge is 2.08. The average Bonchev–Trinajstić information content (AvgIpc) is 3.31. The second-order valence-electron chi connectivity index (χ2n) is 5.96. The van der Waals surface area contributed by atoms with Gasteiger partial charge in [0.15, 0.2) is 0 Å². The third-order valence-electron chi connectivity index (χ3n) is 4.10. The molecule has 0 unspecified atom stereocenters. The Morgan fingerprint density at radius 2 is 2.12 bits per heavy atom. The summed E-state index contributed by atoms with van der Waals surface area (Å²) in [7, 11) is 0. The van der Waals surface area contributed by atoms with Crippen LogP contribution in [0.2, 0.25) is 0 Å². The van der Waals surface area contributed by atoms with E-state index in [9.17, 15) is 4.79 Å². The summed E-state index contributed by atoms with van der Waals surface area (Å²) in [6.07, 6.45) is 8.59. The van der Waals surface area contributed by atoms with E-state index in [2.05, 4.69) is 10.3 Å². The van der Waals surface area contributed by atoms with Gasteiger partial charge in [0.25, 0.3) is 0 Å². The summed E-state index contributed by atoms with van der Waals surface area (Å²) in [5, 5.41) is 2.91. The molecule has 5 nitrogen and oxygen atoms in total. The number of anilines is 1. The lowest BCUT2D eigenvalue weighted by Gasteiger charge is -2.08. The molecule has 1 aromatic carbocycles. The van der Waals surface area contributed by atoms with Gasteiger partial charge in [0.05, 0.1) is 12.0 Å². The van der Waals surface area contributed by atoms with Crippen LogP contribution in [0, 0.1) is 6.92 Å². The van der Waals surface area contributed by atoms with Gasteiger partial charge in [-0.05, 0) is 48.9 Å². The highest BCUT2D eigenvalue weighted by atomic mass is 16.3. The Morgan fingerprint density at radius 1 is 1.19 bits per heavy atom. The van der Waals surface area contributed by atoms with Crippen LogP contribution in [-0.4, -0.2) is 15.3 Å². The quantitative estimate of drug-likeness (QED) is 0.553. The molecule has 0 saturated heterocycles. The number of aryl methyl sites for hydroxylation is 1. The van der Waals surface area contributed by atoms with Crippen LogP contribution in [0.25, 0.3) is 23.0 Å². The lowest BCUT2D eigenvalue weighted by Crippen LogP contribution is -2.09. The minimum atomic E-state index is -0.211. The normalized spacial score (nSPS) is 11.3. The van der Waals surface area contributed by atoms with Crippen LogP contribution in [0.4, 0.5) is 5.69 Å². The average molecular weight is 343 g/mol. The molecule has 128 valence electrons. The number of nitrogens with one attached hydrogen (secondary N) is 1. The second-order valence-corrected chi connectivity index (χ2v) is 5.96. The standard InChI is InChI=1S/C21H17N3O2/c1-15-7-8-16(19-14-24-11-3-2-6-20(24)22-19)13-18(15)23-21(25)10-9-17-5-4-12-26-17/h2-14H,1H3,(H,23,25)/b10-9+. The van der Waals surface area contributed by atoms with Gasteiger partial charge in [-0.15, -0.1) is 0 Å². The fourth-order valence-corrected chi connectivity index (χ4v) is 2.71. The smallest absolute Gasteiger partial charge is 0.248 e. The van der Waals surface area contributed by atoms with E-state index in [0.29, 0.717) is 5.76 Å². The van der Waals surface area contributed by atoms with Crippen molar-refractivity contribution in [2.45, 2.75) is 6.92 Å². The van der Waals surface area contributed by atoms with Gasteiger partial charge in [0.2, 0.25) is 5.91 Å². The Hall–Kier alpha value is -3.60. The van der Waals surface area contributed by atoms with Crippen molar-refractivity contribution in [1.29, 1.82) is 0 Å². The Morgan fingerprint density at radius 3 is 2.92 bits per heavy atom. The predicted molar refractivity (Wildman–Crippen MR) is 102 cm³/mol. The van der Waals surface area contributed by atoms with Crippen molar-refractivity contribution in [3.63, 3.8) is 0 Å². The molecule has 0 aliphatic rings. The molecule has 0 aliphatic carbocycles. The number of hydrogen-bond acceptors (Lipinski definition) is 3. The minimum absolute atomic E-state index is 0.211. The SMILES string of the molecule is Cc1ccc(-c2cn3ccccc3n2)cc1NC(=O)/C=C/c1ccco1. The molecule has 3 heterocycles. The molecule has 4 aromatic rings. The second kappa shape index (κ2) is 6.72. The maximum atomic E-state index is 12.2. The summed E-state index contributed by atoms with van der Waals surface area (Å²) in [6.45, 7) is 1.96. The Labute approximate surface area is 150 Å². The molecule has 3 aromatic heterocycles. The van der Waals surface area contributed by atoms with E-state index >= 15 is 0 Å². The highest BCUT2D eigenvalue weighted by Crippen LogP contribution is 2.25. The largest absolute Gasteiger partial charge is 0.465 e. The van der Waals surface area contributed by atoms with E-state index in [4.69, 9.17) is 4.42 Å². The summed E-state index contributed by atoms with van der Waals surface area (Å²) < 4.78 is 7.16. The first-order chi connectivity index (χ1) is 12.7. The number of aromatic nitrogens is 2. The number of fused-ring (bicyclic) bond motifs is 1. The Balaban J connectivity index is 1.58. The van der Waals surface area contributed by atoms with Gasteiger partial charge >= 0.3 is 0 Å². The predicted octanol–water partition coefficient (Wildman–Crippen LogP) is 4.55. The van der Waals surface area contributed by atoms with Crippen LogP contribution in [-0.2, 0) is 4.79 Å². The molecule has 0 radical (unpaired) electrons. The van der Waals surface area contributed by atoms with Crippen LogP contribution in [0.5, 0.6) is 0 Å². The fourth-order valence-electron chi connectivity index (χ4n) is 2.71. The summed E-state index contributed by atoms with van der Waals surface area (Å²) in [5.74, 6) is 0.423. The lowest BCUT2D eigenvalue weighted by atomic mass is 10.1. The summed E-state index contributed by atoms with van der Waals surface area (Å²) in [4.78, 5) is 16.8. The number of imidazole rings is 1. The van der Waals surface area contributed by atoms with Crippen molar-refractivity contribution in [1.82, 2.24) is 9.38 Å². The number of amides is 1. The van der Waals surface area contributed by atoms with Gasteiger partial charge in [-0.25, -0.2) is 4.98 Å². The van der Waals surface area contributed by atoms with Gasteiger partial charge in [0, 0.05) is 29.7 Å². The molecule has 5 heteroatoms. The van der Waals surface area contributed by atoms with Gasteiger partial charge in [-0.1, -0.05) is 18.2 Å². The van der Waals surface area contributed by atoms with E-state index in [-0.39, 0.29) is 5.91 Å². The molecule has 0 bridgehead atoms. The van der Waals surface area contributed by atoms with Gasteiger partial charge in [-0.3, -0.25) is 4.79 Å². The number of carbonyl (C=O) groups is 1. The number of rotatable bonds is 4. The zero-order valence-corrected chi connectivity index (χ0v) is 14.2. The van der Waals surface area contributed by atoms with Crippen LogP contribution in [0.1, 0.15) is 11.3 Å². The van der Waals surface area contributed by atoms with Gasteiger partial charge in [0.1, 0.15) is 11.4 Å². The Bertz CT molecular complexity index is 1060. The monoisotopic (exact) mass is 343 g/mol. The number of pyridine rings is 1. The Kier molecular flexibility index (Phi) is 4.11. The lowest BCUT2D eigenvalue weighted by molar-refractivity contribution is -0.111. The number of carbonyl (C=O) groups excluding carboxylic acids is 1. The summed E-state index contributed by atoms with van der Waals surface area (Å²) >= 11 is 0. The zero-order chi connectivity index (χ0) is 17.9. The van der Waals surface area contributed by atoms with E-state index < -0.39 is 0 Å². The van der Waals surface area contributed by atoms with Crippen molar-refractivity contribution in [2.75, 3.05) is 5.32 Å². The first kappa shape index (κ1) is 15.9. The van der Waals surface area contributed by atoms with Crippen LogP contribution in [0.3, 0.4) is 0 Å². The molecule has 26 heavy (non-hydrogen) atoms. The molecule has 1 N–H and O–H groups in total. The molecule has 1 amide bonds. The topological polar surface area (TPSA) is 59.5 Å². The van der Waals surface area contributed by atoms with Crippen LogP contribution in [0.15, 0.2) is 77.7 Å². The van der Waals surface area contributed by atoms with E-state index in [1.807, 2.05) is 60.1 Å². The van der Waals surface area contributed by atoms with Crippen molar-refractivity contribution in [3.8, 4) is 11.3 Å². The van der Waals surface area contributed by atoms with Crippen LogP contribution >= 0.6 is 0 Å². The molecular weight excluding hydrogens is 326 g/mol. The number of furan rings is 1. The minimum Gasteiger partial charge on any atom is -0.465 e. The molecule has 0 aliphatic heterocycles. The fraction of sp³-hybridized carbons (Fsp3) is 0.0476. The maximum Gasteiger partial charge on any atom is 0.248 e. The van der Waals surface area contributed by atoms with Gasteiger partial charge < -0.3 is 14.1 Å². The first-order valence-corrected chi connectivity index (χ1v) is 8.26. The summed E-state index contributed by atoms with van der Waals surface area (Å²) in [6, 6.07) is 15.4. The van der Waals surface area contributed by atoms with E-state index in [1.165, 1.54) is 6.08 Å². The van der Waals surface area contributed by atoms with Crippen molar-refractivity contribution in [3.05, 3.63) is 84.6 Å². The summed E-state index contributed by atoms with van der Waals surface area (Å²) in [5.41, 5.74) is 4.43. The van der Waals surface area contributed by atoms with Crippen LogP contribution < -0.4 is 5.32 Å². The van der Waals surface area contributed by atoms with Crippen molar-refractivity contribution in [2.24, 2.45) is 0 Å². The van der Waals surface area contributed by atoms with Crippen molar-refractivity contribution < 1.29 is 9.21 Å². The third kappa shape index (κ3) is 3.28. The molecule has 0 fully saturated rings. The molecule has 4 rings (SSSR count). The number of nitrogens with zero attached hydrogens (tertiary/aromatic N) is 2. The van der Waals surface area contributed by atoms with E-state index in [0.717, 1.165) is 28.2 Å². The van der Waals surface area contributed by atoms with Crippen molar-refractivity contribution >= 4 is 23.3 Å². The highest BCUT2D eigenvalue weighted by molar-refractivity contribution is 6.02. The zero-order valence-electron chi connectivity index (χ0n) is 14.2. The maximum absolute atomic E-state index is 12.2.